The molecule has 0 aliphatic carbocycles. The van der Waals surface area contributed by atoms with Crippen molar-refractivity contribution in [2.45, 2.75) is 23.6 Å². The van der Waals surface area contributed by atoms with Gasteiger partial charge in [-0.15, -0.1) is 11.6 Å². The lowest BCUT2D eigenvalue weighted by Crippen LogP contribution is -2.34. The molecule has 0 atom stereocenters. The molecule has 1 saturated heterocycles. The quantitative estimate of drug-likeness (QED) is 0.765. The third-order valence-corrected chi connectivity index (χ3v) is 6.31. The zero-order valence-electron chi connectivity index (χ0n) is 11.9. The molecule has 21 heavy (non-hydrogen) atoms. The second-order valence-corrected chi connectivity index (χ2v) is 7.93. The first-order valence-corrected chi connectivity index (χ1v) is 9.19. The molecule has 1 heterocycles. The summed E-state index contributed by atoms with van der Waals surface area (Å²) in [5.74, 6) is 0.581. The van der Waals surface area contributed by atoms with Crippen LogP contribution in [0.5, 0.6) is 0 Å². The van der Waals surface area contributed by atoms with Gasteiger partial charge in [-0.1, -0.05) is 17.7 Å². The maximum Gasteiger partial charge on any atom is 0.244 e. The first-order chi connectivity index (χ1) is 9.95. The van der Waals surface area contributed by atoms with Crippen molar-refractivity contribution in [1.82, 2.24) is 4.31 Å². The molecule has 1 aromatic rings. The predicted molar refractivity (Wildman–Crippen MR) is 84.4 cm³/mol. The molecule has 0 bridgehead atoms. The van der Waals surface area contributed by atoms with E-state index >= 15 is 0 Å². The smallest absolute Gasteiger partial charge is 0.244 e. The summed E-state index contributed by atoms with van der Waals surface area (Å²) in [4.78, 5) is 0.122. The van der Waals surface area contributed by atoms with Gasteiger partial charge in [0, 0.05) is 32.7 Å². The van der Waals surface area contributed by atoms with Crippen molar-refractivity contribution in [2.24, 2.45) is 5.92 Å². The Hall–Kier alpha value is -0.330. The van der Waals surface area contributed by atoms with E-state index in [1.807, 2.05) is 0 Å². The van der Waals surface area contributed by atoms with Gasteiger partial charge in [-0.3, -0.25) is 0 Å². The van der Waals surface area contributed by atoms with Crippen molar-refractivity contribution in [1.29, 1.82) is 0 Å². The second kappa shape index (κ2) is 7.29. The van der Waals surface area contributed by atoms with E-state index in [4.69, 9.17) is 27.9 Å². The summed E-state index contributed by atoms with van der Waals surface area (Å²) in [6.07, 6.45) is 1.77. The van der Waals surface area contributed by atoms with Crippen molar-refractivity contribution in [3.05, 3.63) is 28.8 Å². The Labute approximate surface area is 136 Å². The number of hydrogen-bond donors (Lipinski definition) is 0. The number of sulfonamides is 1. The molecule has 4 nitrogen and oxygen atoms in total. The lowest BCUT2D eigenvalue weighted by molar-refractivity contribution is 0.0620. The number of hydrogen-bond acceptors (Lipinski definition) is 3. The Morgan fingerprint density at radius 2 is 2.00 bits per heavy atom. The van der Waals surface area contributed by atoms with Gasteiger partial charge >= 0.3 is 0 Å². The van der Waals surface area contributed by atoms with Crippen LogP contribution in [-0.2, 0) is 20.6 Å². The maximum absolute atomic E-state index is 12.7. The Balaban J connectivity index is 2.20. The van der Waals surface area contributed by atoms with E-state index in [1.54, 1.807) is 25.2 Å². The fourth-order valence-corrected chi connectivity index (χ4v) is 4.32. The lowest BCUT2D eigenvalue weighted by atomic mass is 10.0. The number of nitrogens with zero attached hydrogens (tertiary/aromatic N) is 1. The van der Waals surface area contributed by atoms with Crippen LogP contribution in [0.2, 0.25) is 5.02 Å². The van der Waals surface area contributed by atoms with Gasteiger partial charge in [-0.2, -0.15) is 0 Å². The minimum atomic E-state index is -3.60. The van der Waals surface area contributed by atoms with E-state index in [0.29, 0.717) is 25.7 Å². The number of benzene rings is 1. The number of rotatable bonds is 5. The summed E-state index contributed by atoms with van der Waals surface area (Å²) < 4.78 is 32.0. The number of ether oxygens (including phenoxy) is 1. The van der Waals surface area contributed by atoms with E-state index in [-0.39, 0.29) is 15.8 Å². The molecule has 0 radical (unpaired) electrons. The molecule has 2 rings (SSSR count). The molecule has 0 unspecified atom stereocenters. The predicted octanol–water partition coefficient (Wildman–Crippen LogP) is 3.13. The molecular weight excluding hydrogens is 333 g/mol. The van der Waals surface area contributed by atoms with Gasteiger partial charge in [-0.25, -0.2) is 12.7 Å². The van der Waals surface area contributed by atoms with E-state index in [2.05, 4.69) is 0 Å². The third-order valence-electron chi connectivity index (χ3n) is 3.69. The highest BCUT2D eigenvalue weighted by Gasteiger charge is 2.27. The number of halogens is 2. The van der Waals surface area contributed by atoms with Crippen LogP contribution in [0.3, 0.4) is 0 Å². The van der Waals surface area contributed by atoms with Gasteiger partial charge in [0.15, 0.2) is 0 Å². The zero-order valence-corrected chi connectivity index (χ0v) is 14.2. The Kier molecular flexibility index (Phi) is 5.91. The summed E-state index contributed by atoms with van der Waals surface area (Å²) >= 11 is 11.8. The van der Waals surface area contributed by atoms with Crippen LogP contribution in [0.1, 0.15) is 18.4 Å². The van der Waals surface area contributed by atoms with Crippen molar-refractivity contribution < 1.29 is 13.2 Å². The first kappa shape index (κ1) is 17.0. The van der Waals surface area contributed by atoms with Crippen LogP contribution in [0.15, 0.2) is 23.1 Å². The van der Waals surface area contributed by atoms with Gasteiger partial charge in [0.2, 0.25) is 10.0 Å². The van der Waals surface area contributed by atoms with Crippen LogP contribution in [0.4, 0.5) is 0 Å². The highest BCUT2D eigenvalue weighted by Crippen LogP contribution is 2.27. The molecule has 1 aromatic carbocycles. The van der Waals surface area contributed by atoms with Crippen molar-refractivity contribution >= 4 is 33.2 Å². The Bertz CT molecular complexity index is 586. The first-order valence-electron chi connectivity index (χ1n) is 6.83. The minimum absolute atomic E-state index is 0.122. The second-order valence-electron chi connectivity index (χ2n) is 5.24. The van der Waals surface area contributed by atoms with E-state index in [0.717, 1.165) is 18.4 Å². The molecule has 7 heteroatoms. The standard InChI is InChI=1S/C14H19Cl2NO3S/c1-17(10-11-4-6-20-7-5-11)21(18,19)14-8-12(9-15)2-3-13(14)16/h2-3,8,11H,4-7,9-10H2,1H3. The normalized spacial score (nSPS) is 17.3. The Morgan fingerprint density at radius 3 is 2.62 bits per heavy atom. The van der Waals surface area contributed by atoms with Crippen LogP contribution >= 0.6 is 23.2 Å². The Morgan fingerprint density at radius 1 is 1.33 bits per heavy atom. The molecule has 1 aliphatic rings. The maximum atomic E-state index is 12.7. The molecule has 118 valence electrons. The van der Waals surface area contributed by atoms with Gasteiger partial charge in [0.1, 0.15) is 4.90 Å². The van der Waals surface area contributed by atoms with E-state index in [1.165, 1.54) is 4.31 Å². The summed E-state index contributed by atoms with van der Waals surface area (Å²) in [6, 6.07) is 4.85. The zero-order chi connectivity index (χ0) is 15.5. The molecule has 0 N–H and O–H groups in total. The topological polar surface area (TPSA) is 46.6 Å². The largest absolute Gasteiger partial charge is 0.381 e. The van der Waals surface area contributed by atoms with Crippen LogP contribution in [0, 0.1) is 5.92 Å². The molecular formula is C14H19Cl2NO3S. The average molecular weight is 352 g/mol. The monoisotopic (exact) mass is 351 g/mol. The summed E-state index contributed by atoms with van der Waals surface area (Å²) in [5.41, 5.74) is 0.735. The number of alkyl halides is 1. The van der Waals surface area contributed by atoms with Crippen LogP contribution in [0.25, 0.3) is 0 Å². The van der Waals surface area contributed by atoms with Crippen LogP contribution < -0.4 is 0 Å². The van der Waals surface area contributed by atoms with Crippen molar-refractivity contribution in [3.8, 4) is 0 Å². The van der Waals surface area contributed by atoms with Gasteiger partial charge < -0.3 is 4.74 Å². The summed E-state index contributed by atoms with van der Waals surface area (Å²) in [7, 11) is -2.01. The molecule has 0 spiro atoms. The van der Waals surface area contributed by atoms with Crippen molar-refractivity contribution in [3.63, 3.8) is 0 Å². The molecule has 1 fully saturated rings. The molecule has 0 aromatic heterocycles. The van der Waals surface area contributed by atoms with Gasteiger partial charge in [-0.05, 0) is 36.5 Å². The SMILES string of the molecule is CN(CC1CCOCC1)S(=O)(=O)c1cc(CCl)ccc1Cl. The summed E-state index contributed by atoms with van der Waals surface area (Å²) in [5, 5.41) is 0.225. The summed E-state index contributed by atoms with van der Waals surface area (Å²) in [6.45, 7) is 1.87. The highest BCUT2D eigenvalue weighted by molar-refractivity contribution is 7.89. The minimum Gasteiger partial charge on any atom is -0.381 e. The van der Waals surface area contributed by atoms with Gasteiger partial charge in [0.05, 0.1) is 5.02 Å². The highest BCUT2D eigenvalue weighted by atomic mass is 35.5. The third kappa shape index (κ3) is 4.11. The van der Waals surface area contributed by atoms with Crippen molar-refractivity contribution in [2.75, 3.05) is 26.8 Å². The molecule has 1 aliphatic heterocycles. The van der Waals surface area contributed by atoms with Gasteiger partial charge in [0.25, 0.3) is 0 Å². The molecule has 0 amide bonds. The molecule has 0 saturated carbocycles. The van der Waals surface area contributed by atoms with E-state index in [9.17, 15) is 8.42 Å². The lowest BCUT2D eigenvalue weighted by Gasteiger charge is -2.27. The fraction of sp³-hybridized carbons (Fsp3) is 0.571. The fourth-order valence-electron chi connectivity index (χ4n) is 2.39. The van der Waals surface area contributed by atoms with Crippen LogP contribution in [-0.4, -0.2) is 39.5 Å². The average Bonchev–Trinajstić information content (AvgIpc) is 2.48. The van der Waals surface area contributed by atoms with E-state index < -0.39 is 10.0 Å².